The van der Waals surface area contributed by atoms with E-state index in [0.29, 0.717) is 37.8 Å². The van der Waals surface area contributed by atoms with Crippen molar-refractivity contribution in [3.63, 3.8) is 0 Å². The molecule has 1 aromatic heterocycles. The van der Waals surface area contributed by atoms with Crippen molar-refractivity contribution >= 4 is 11.7 Å². The highest BCUT2D eigenvalue weighted by molar-refractivity contribution is 5.89. The molecule has 1 atom stereocenters. The number of anilines is 1. The fourth-order valence-electron chi connectivity index (χ4n) is 3.62. The van der Waals surface area contributed by atoms with Crippen molar-refractivity contribution in [2.45, 2.75) is 32.1 Å². The lowest BCUT2D eigenvalue weighted by Crippen LogP contribution is -2.41. The maximum Gasteiger partial charge on any atom is 0.321 e. The monoisotopic (exact) mass is 424 g/mol. The van der Waals surface area contributed by atoms with Gasteiger partial charge in [0.05, 0.1) is 18.2 Å². The van der Waals surface area contributed by atoms with E-state index >= 15 is 0 Å². The molecule has 0 spiro atoms. The zero-order chi connectivity index (χ0) is 21.6. The second-order valence-corrected chi connectivity index (χ2v) is 7.66. The molecular weight excluding hydrogens is 399 g/mol. The zero-order valence-corrected chi connectivity index (χ0v) is 17.4. The van der Waals surface area contributed by atoms with Gasteiger partial charge in [0, 0.05) is 19.5 Å². The molecule has 1 unspecified atom stereocenters. The average Bonchev–Trinajstić information content (AvgIpc) is 3.24. The molecule has 2 aromatic carbocycles. The van der Waals surface area contributed by atoms with Gasteiger partial charge in [0.15, 0.2) is 5.82 Å². The van der Waals surface area contributed by atoms with Crippen LogP contribution in [0.4, 0.5) is 14.9 Å². The van der Waals surface area contributed by atoms with Crippen LogP contribution < -0.4 is 10.1 Å². The minimum Gasteiger partial charge on any atom is -0.493 e. The van der Waals surface area contributed by atoms with Crippen LogP contribution in [0.15, 0.2) is 53.1 Å². The quantitative estimate of drug-likeness (QED) is 0.628. The Morgan fingerprint density at radius 1 is 1.29 bits per heavy atom. The van der Waals surface area contributed by atoms with Crippen LogP contribution in [0.25, 0.3) is 0 Å². The van der Waals surface area contributed by atoms with Gasteiger partial charge in [-0.2, -0.15) is 4.98 Å². The molecule has 3 aromatic rings. The molecule has 1 aliphatic rings. The molecule has 0 bridgehead atoms. The molecule has 8 heteroatoms. The third-order valence-corrected chi connectivity index (χ3v) is 5.24. The topological polar surface area (TPSA) is 80.5 Å². The minimum atomic E-state index is -0.459. The maximum atomic E-state index is 13.8. The lowest BCUT2D eigenvalue weighted by molar-refractivity contribution is 0.184. The number of carbonyl (C=O) groups excluding carboxylic acids is 1. The van der Waals surface area contributed by atoms with Gasteiger partial charge in [-0.05, 0) is 49.6 Å². The number of nitrogens with one attached hydrogen (secondary N) is 1. The summed E-state index contributed by atoms with van der Waals surface area (Å²) < 4.78 is 25.0. The average molecular weight is 424 g/mol. The standard InChI is InChI=1S/C23H25FN4O3/c1-16-6-4-8-18(14-16)30-13-11-21-26-22(31-27-21)17-7-5-12-28(15-17)23(29)25-20-10-3-2-9-19(20)24/h2-4,6,8-10,14,17H,5,7,11-13,15H2,1H3,(H,25,29). The fraction of sp³-hybridized carbons (Fsp3) is 0.348. The Morgan fingerprint density at radius 3 is 3.00 bits per heavy atom. The highest BCUT2D eigenvalue weighted by atomic mass is 19.1. The van der Waals surface area contributed by atoms with Crippen LogP contribution in [0.3, 0.4) is 0 Å². The van der Waals surface area contributed by atoms with Crippen molar-refractivity contribution in [1.29, 1.82) is 0 Å². The number of aromatic nitrogens is 2. The number of hydrogen-bond donors (Lipinski definition) is 1. The molecule has 1 fully saturated rings. The zero-order valence-electron chi connectivity index (χ0n) is 17.4. The van der Waals surface area contributed by atoms with Crippen LogP contribution in [-0.4, -0.2) is 40.8 Å². The van der Waals surface area contributed by atoms with Gasteiger partial charge in [-0.25, -0.2) is 9.18 Å². The number of para-hydroxylation sites is 1. The largest absolute Gasteiger partial charge is 0.493 e. The Hall–Kier alpha value is -3.42. The number of piperidine rings is 1. The second kappa shape index (κ2) is 9.59. The third kappa shape index (κ3) is 5.39. The molecule has 1 saturated heterocycles. The van der Waals surface area contributed by atoms with Crippen LogP contribution in [-0.2, 0) is 6.42 Å². The lowest BCUT2D eigenvalue weighted by atomic mass is 9.98. The summed E-state index contributed by atoms with van der Waals surface area (Å²) in [6.07, 6.45) is 2.19. The van der Waals surface area contributed by atoms with Gasteiger partial charge < -0.3 is 19.5 Å². The van der Waals surface area contributed by atoms with Crippen molar-refractivity contribution in [2.24, 2.45) is 0 Å². The number of benzene rings is 2. The van der Waals surface area contributed by atoms with Gasteiger partial charge in [-0.3, -0.25) is 0 Å². The molecule has 0 saturated carbocycles. The summed E-state index contributed by atoms with van der Waals surface area (Å²) in [7, 11) is 0. The molecule has 7 nitrogen and oxygen atoms in total. The van der Waals surface area contributed by atoms with Gasteiger partial charge in [0.25, 0.3) is 0 Å². The van der Waals surface area contributed by atoms with E-state index in [2.05, 4.69) is 15.5 Å². The Bertz CT molecular complexity index is 1040. The Kier molecular flexibility index (Phi) is 6.45. The first-order valence-electron chi connectivity index (χ1n) is 10.4. The number of urea groups is 1. The van der Waals surface area contributed by atoms with Crippen LogP contribution in [0.1, 0.15) is 36.0 Å². The predicted molar refractivity (Wildman–Crippen MR) is 114 cm³/mol. The summed E-state index contributed by atoms with van der Waals surface area (Å²) in [6, 6.07) is 13.6. The van der Waals surface area contributed by atoms with Crippen LogP contribution in [0.5, 0.6) is 5.75 Å². The van der Waals surface area contributed by atoms with E-state index in [1.807, 2.05) is 31.2 Å². The molecule has 2 heterocycles. The SMILES string of the molecule is Cc1cccc(OCCc2noc(C3CCCN(C(=O)Nc4ccccc4F)C3)n2)c1. The molecule has 162 valence electrons. The van der Waals surface area contributed by atoms with Gasteiger partial charge in [0.1, 0.15) is 11.6 Å². The van der Waals surface area contributed by atoms with Gasteiger partial charge >= 0.3 is 6.03 Å². The molecule has 1 aliphatic heterocycles. The Balaban J connectivity index is 1.31. The van der Waals surface area contributed by atoms with Crippen LogP contribution in [0, 0.1) is 12.7 Å². The number of aryl methyl sites for hydroxylation is 1. The second-order valence-electron chi connectivity index (χ2n) is 7.66. The van der Waals surface area contributed by atoms with E-state index in [1.165, 1.54) is 12.1 Å². The third-order valence-electron chi connectivity index (χ3n) is 5.24. The molecule has 0 radical (unpaired) electrons. The molecule has 2 amide bonds. The lowest BCUT2D eigenvalue weighted by Gasteiger charge is -2.31. The number of ether oxygens (including phenoxy) is 1. The summed E-state index contributed by atoms with van der Waals surface area (Å²) in [5.74, 6) is 1.41. The smallest absolute Gasteiger partial charge is 0.321 e. The first-order valence-corrected chi connectivity index (χ1v) is 10.4. The maximum absolute atomic E-state index is 13.8. The molecule has 0 aliphatic carbocycles. The van der Waals surface area contributed by atoms with Crippen LogP contribution >= 0.6 is 0 Å². The summed E-state index contributed by atoms with van der Waals surface area (Å²) >= 11 is 0. The number of rotatable bonds is 6. The van der Waals surface area contributed by atoms with E-state index in [1.54, 1.807) is 17.0 Å². The summed E-state index contributed by atoms with van der Waals surface area (Å²) in [4.78, 5) is 18.7. The van der Waals surface area contributed by atoms with E-state index in [4.69, 9.17) is 9.26 Å². The number of likely N-dealkylation sites (tertiary alicyclic amines) is 1. The highest BCUT2D eigenvalue weighted by Gasteiger charge is 2.29. The number of hydrogen-bond acceptors (Lipinski definition) is 5. The fourth-order valence-corrected chi connectivity index (χ4v) is 3.62. The highest BCUT2D eigenvalue weighted by Crippen LogP contribution is 2.26. The number of carbonyl (C=O) groups is 1. The molecular formula is C23H25FN4O3. The first kappa shape index (κ1) is 20.8. The van der Waals surface area contributed by atoms with Gasteiger partial charge in [-0.1, -0.05) is 29.4 Å². The molecule has 4 rings (SSSR count). The number of amides is 2. The normalized spacial score (nSPS) is 16.2. The Labute approximate surface area is 180 Å². The van der Waals surface area contributed by atoms with Crippen molar-refractivity contribution in [3.05, 3.63) is 71.6 Å². The summed E-state index contributed by atoms with van der Waals surface area (Å²) in [5, 5.41) is 6.69. The van der Waals surface area contributed by atoms with Crippen molar-refractivity contribution in [1.82, 2.24) is 15.0 Å². The first-order chi connectivity index (χ1) is 15.1. The van der Waals surface area contributed by atoms with Crippen molar-refractivity contribution in [2.75, 3.05) is 25.0 Å². The molecule has 1 N–H and O–H groups in total. The van der Waals surface area contributed by atoms with E-state index in [9.17, 15) is 9.18 Å². The predicted octanol–water partition coefficient (Wildman–Crippen LogP) is 4.55. The molecule has 31 heavy (non-hydrogen) atoms. The van der Waals surface area contributed by atoms with E-state index < -0.39 is 5.82 Å². The minimum absolute atomic E-state index is 0.0425. The van der Waals surface area contributed by atoms with Gasteiger partial charge in [-0.15, -0.1) is 0 Å². The number of nitrogens with zero attached hydrogens (tertiary/aromatic N) is 3. The van der Waals surface area contributed by atoms with Crippen molar-refractivity contribution in [3.8, 4) is 5.75 Å². The van der Waals surface area contributed by atoms with Crippen molar-refractivity contribution < 1.29 is 18.4 Å². The van der Waals surface area contributed by atoms with E-state index in [0.717, 1.165) is 24.2 Å². The summed E-state index contributed by atoms with van der Waals surface area (Å²) in [5.41, 5.74) is 1.31. The number of halogens is 1. The Morgan fingerprint density at radius 2 is 2.16 bits per heavy atom. The van der Waals surface area contributed by atoms with Crippen LogP contribution in [0.2, 0.25) is 0 Å². The van der Waals surface area contributed by atoms with Gasteiger partial charge in [0.2, 0.25) is 5.89 Å². The van der Waals surface area contributed by atoms with E-state index in [-0.39, 0.29) is 17.6 Å². The summed E-state index contributed by atoms with van der Waals surface area (Å²) in [6.45, 7) is 3.51.